The van der Waals surface area contributed by atoms with E-state index in [2.05, 4.69) is 41.9 Å². The van der Waals surface area contributed by atoms with E-state index in [-0.39, 0.29) is 6.79 Å². The van der Waals surface area contributed by atoms with E-state index in [9.17, 15) is 0 Å². The van der Waals surface area contributed by atoms with Crippen molar-refractivity contribution in [3.05, 3.63) is 108 Å². The number of hydrogen-bond acceptors (Lipinski definition) is 3. The van der Waals surface area contributed by atoms with Crippen LogP contribution in [0.15, 0.2) is 91.0 Å². The van der Waals surface area contributed by atoms with Gasteiger partial charge in [0.2, 0.25) is 0 Å². The topological polar surface area (TPSA) is 30.5 Å². The van der Waals surface area contributed by atoms with Gasteiger partial charge in [0.05, 0.1) is 0 Å². The fourth-order valence-electron chi connectivity index (χ4n) is 3.03. The molecular formula is C22H23NO2. The van der Waals surface area contributed by atoms with Crippen LogP contribution in [0.3, 0.4) is 0 Å². The highest BCUT2D eigenvalue weighted by Gasteiger charge is 2.37. The molecule has 0 saturated heterocycles. The van der Waals surface area contributed by atoms with E-state index in [1.165, 1.54) is 0 Å². The number of nitrogens with one attached hydrogen (secondary N) is 1. The Bertz CT molecular complexity index is 648. The molecule has 128 valence electrons. The molecule has 0 spiro atoms. The molecular weight excluding hydrogens is 310 g/mol. The second-order valence-corrected chi connectivity index (χ2v) is 5.68. The first-order valence-electron chi connectivity index (χ1n) is 8.53. The van der Waals surface area contributed by atoms with Crippen molar-refractivity contribution in [2.75, 3.05) is 13.3 Å². The molecule has 3 rings (SSSR count). The van der Waals surface area contributed by atoms with Crippen molar-refractivity contribution in [2.24, 2.45) is 0 Å². The Kier molecular flexibility index (Phi) is 5.96. The molecule has 3 heteroatoms. The molecule has 0 bridgehead atoms. The maximum absolute atomic E-state index is 6.41. The molecule has 3 aromatic rings. The van der Waals surface area contributed by atoms with Crippen LogP contribution < -0.4 is 5.48 Å². The largest absolute Gasteiger partial charge is 0.333 e. The third-order valence-electron chi connectivity index (χ3n) is 4.12. The van der Waals surface area contributed by atoms with Gasteiger partial charge in [-0.1, -0.05) is 97.9 Å². The summed E-state index contributed by atoms with van der Waals surface area (Å²) in [5.41, 5.74) is 5.30. The normalized spacial score (nSPS) is 11.4. The maximum atomic E-state index is 6.41. The van der Waals surface area contributed by atoms with Gasteiger partial charge in [0.15, 0.2) is 6.79 Å². The molecule has 0 aliphatic rings. The van der Waals surface area contributed by atoms with Gasteiger partial charge >= 0.3 is 0 Å². The van der Waals surface area contributed by atoms with E-state index < -0.39 is 5.60 Å². The smallest absolute Gasteiger partial charge is 0.168 e. The molecule has 3 aromatic carbocycles. The molecule has 0 saturated carbocycles. The van der Waals surface area contributed by atoms with Crippen LogP contribution in [0, 0.1) is 0 Å². The van der Waals surface area contributed by atoms with Gasteiger partial charge in [-0.3, -0.25) is 4.84 Å². The van der Waals surface area contributed by atoms with Crippen LogP contribution in [0.25, 0.3) is 0 Å². The van der Waals surface area contributed by atoms with E-state index in [1.54, 1.807) is 0 Å². The minimum absolute atomic E-state index is 0.131. The van der Waals surface area contributed by atoms with Gasteiger partial charge < -0.3 is 4.74 Å². The average molecular weight is 333 g/mol. The van der Waals surface area contributed by atoms with Crippen molar-refractivity contribution in [3.8, 4) is 0 Å². The number of hydroxylamine groups is 1. The second kappa shape index (κ2) is 8.58. The van der Waals surface area contributed by atoms with Crippen LogP contribution in [-0.4, -0.2) is 13.3 Å². The van der Waals surface area contributed by atoms with Crippen LogP contribution in [-0.2, 0) is 15.2 Å². The Morgan fingerprint density at radius 3 is 1.44 bits per heavy atom. The molecule has 0 unspecified atom stereocenters. The molecule has 0 amide bonds. The summed E-state index contributed by atoms with van der Waals surface area (Å²) in [6.45, 7) is 2.84. The summed E-state index contributed by atoms with van der Waals surface area (Å²) < 4.78 is 6.41. The van der Waals surface area contributed by atoms with Gasteiger partial charge in [-0.25, -0.2) is 5.48 Å². The van der Waals surface area contributed by atoms with E-state index in [1.807, 2.05) is 61.5 Å². The SMILES string of the molecule is CCNOCOC(c1ccccc1)(c1ccccc1)c1ccccc1. The number of rotatable bonds is 8. The summed E-state index contributed by atoms with van der Waals surface area (Å²) in [6, 6.07) is 30.8. The third-order valence-corrected chi connectivity index (χ3v) is 4.12. The molecule has 0 heterocycles. The lowest BCUT2D eigenvalue weighted by Crippen LogP contribution is -2.34. The van der Waals surface area contributed by atoms with E-state index >= 15 is 0 Å². The molecule has 0 aromatic heterocycles. The van der Waals surface area contributed by atoms with E-state index in [0.29, 0.717) is 0 Å². The van der Waals surface area contributed by atoms with Gasteiger partial charge in [-0.15, -0.1) is 0 Å². The standard InChI is InChI=1S/C22H23NO2/c1-2-23-25-18-24-22(19-12-6-3-7-13-19,20-14-8-4-9-15-20)21-16-10-5-11-17-21/h3-17,23H,2,18H2,1H3. The molecule has 25 heavy (non-hydrogen) atoms. The number of hydrogen-bond donors (Lipinski definition) is 1. The van der Waals surface area contributed by atoms with Crippen molar-refractivity contribution in [3.63, 3.8) is 0 Å². The molecule has 0 aliphatic carbocycles. The molecule has 0 aliphatic heterocycles. The Hall–Kier alpha value is -2.46. The summed E-state index contributed by atoms with van der Waals surface area (Å²) in [5, 5.41) is 0. The predicted octanol–water partition coefficient (Wildman–Crippen LogP) is 4.49. The van der Waals surface area contributed by atoms with Crippen molar-refractivity contribution in [1.29, 1.82) is 0 Å². The molecule has 3 nitrogen and oxygen atoms in total. The average Bonchev–Trinajstić information content (AvgIpc) is 2.70. The van der Waals surface area contributed by atoms with Crippen LogP contribution in [0.4, 0.5) is 0 Å². The number of ether oxygens (including phenoxy) is 1. The van der Waals surface area contributed by atoms with Crippen molar-refractivity contribution >= 4 is 0 Å². The lowest BCUT2D eigenvalue weighted by atomic mass is 9.80. The lowest BCUT2D eigenvalue weighted by Gasteiger charge is -2.35. The van der Waals surface area contributed by atoms with Crippen molar-refractivity contribution in [1.82, 2.24) is 5.48 Å². The van der Waals surface area contributed by atoms with E-state index in [0.717, 1.165) is 23.2 Å². The Morgan fingerprint density at radius 1 is 0.680 bits per heavy atom. The predicted molar refractivity (Wildman–Crippen MR) is 99.9 cm³/mol. The van der Waals surface area contributed by atoms with Crippen LogP contribution in [0.2, 0.25) is 0 Å². The molecule has 0 fully saturated rings. The van der Waals surface area contributed by atoms with Crippen LogP contribution in [0.5, 0.6) is 0 Å². The zero-order chi connectivity index (χ0) is 17.4. The third kappa shape index (κ3) is 3.80. The summed E-state index contributed by atoms with van der Waals surface area (Å²) in [4.78, 5) is 5.43. The van der Waals surface area contributed by atoms with Crippen LogP contribution in [0.1, 0.15) is 23.6 Å². The summed E-state index contributed by atoms with van der Waals surface area (Å²) in [7, 11) is 0. The maximum Gasteiger partial charge on any atom is 0.168 e. The zero-order valence-corrected chi connectivity index (χ0v) is 14.4. The van der Waals surface area contributed by atoms with Gasteiger partial charge in [-0.05, 0) is 16.7 Å². The minimum atomic E-state index is -0.737. The highest BCUT2D eigenvalue weighted by molar-refractivity contribution is 5.47. The van der Waals surface area contributed by atoms with Crippen LogP contribution >= 0.6 is 0 Å². The second-order valence-electron chi connectivity index (χ2n) is 5.68. The molecule has 0 atom stereocenters. The first kappa shape index (κ1) is 17.4. The van der Waals surface area contributed by atoms with Gasteiger partial charge in [0.25, 0.3) is 0 Å². The summed E-state index contributed by atoms with van der Waals surface area (Å²) in [5.74, 6) is 0. The fourth-order valence-corrected chi connectivity index (χ4v) is 3.03. The minimum Gasteiger partial charge on any atom is -0.333 e. The first-order valence-corrected chi connectivity index (χ1v) is 8.53. The number of benzene rings is 3. The van der Waals surface area contributed by atoms with Crippen molar-refractivity contribution in [2.45, 2.75) is 12.5 Å². The Labute approximate surface area is 149 Å². The summed E-state index contributed by atoms with van der Waals surface area (Å²) in [6.07, 6.45) is 0. The van der Waals surface area contributed by atoms with Crippen molar-refractivity contribution < 1.29 is 9.57 Å². The van der Waals surface area contributed by atoms with Gasteiger partial charge in [0, 0.05) is 6.54 Å². The lowest BCUT2D eigenvalue weighted by molar-refractivity contribution is -0.143. The quantitative estimate of drug-likeness (QED) is 0.285. The highest BCUT2D eigenvalue weighted by Crippen LogP contribution is 2.40. The zero-order valence-electron chi connectivity index (χ0n) is 14.4. The van der Waals surface area contributed by atoms with Gasteiger partial charge in [-0.2, -0.15) is 0 Å². The monoisotopic (exact) mass is 333 g/mol. The highest BCUT2D eigenvalue weighted by atomic mass is 16.8. The Morgan fingerprint density at radius 2 is 1.08 bits per heavy atom. The molecule has 1 N–H and O–H groups in total. The Balaban J connectivity index is 2.13. The summed E-state index contributed by atoms with van der Waals surface area (Å²) >= 11 is 0. The first-order chi connectivity index (χ1) is 12.4. The fraction of sp³-hybridized carbons (Fsp3) is 0.182. The van der Waals surface area contributed by atoms with Gasteiger partial charge in [0.1, 0.15) is 5.60 Å². The molecule has 0 radical (unpaired) electrons. The van der Waals surface area contributed by atoms with E-state index in [4.69, 9.17) is 9.57 Å².